The molecule has 4 aromatic carbocycles. The second-order valence-electron chi connectivity index (χ2n) is 8.85. The lowest BCUT2D eigenvalue weighted by Gasteiger charge is -2.15. The maximum Gasteiger partial charge on any atom is 0.270 e. The summed E-state index contributed by atoms with van der Waals surface area (Å²) >= 11 is 6.76. The highest BCUT2D eigenvalue weighted by molar-refractivity contribution is 8.27. The number of ether oxygens (including phenoxy) is 2. The van der Waals surface area contributed by atoms with Crippen LogP contribution in [0, 0.1) is 0 Å². The zero-order chi connectivity index (χ0) is 27.9. The van der Waals surface area contributed by atoms with Crippen LogP contribution in [0.3, 0.4) is 0 Å². The SMILES string of the molecule is CCc1ccccc1NC(=O)COc1cccc(/C=C2\SC(=S)N(c3ccc(Oc4ccccc4)cc3)C2=O)c1. The summed E-state index contributed by atoms with van der Waals surface area (Å²) in [5.41, 5.74) is 3.28. The van der Waals surface area contributed by atoms with Crippen molar-refractivity contribution in [3.05, 3.63) is 119 Å². The highest BCUT2D eigenvalue weighted by Gasteiger charge is 2.33. The summed E-state index contributed by atoms with van der Waals surface area (Å²) in [4.78, 5) is 27.7. The maximum atomic E-state index is 13.3. The van der Waals surface area contributed by atoms with Crippen molar-refractivity contribution >= 4 is 57.6 Å². The molecule has 0 saturated carbocycles. The Morgan fingerprint density at radius 3 is 2.38 bits per heavy atom. The van der Waals surface area contributed by atoms with Crippen LogP contribution in [-0.2, 0) is 16.0 Å². The molecule has 0 aromatic heterocycles. The second-order valence-corrected chi connectivity index (χ2v) is 10.5. The molecule has 6 nitrogen and oxygen atoms in total. The maximum absolute atomic E-state index is 13.3. The number of carbonyl (C=O) groups excluding carboxylic acids is 2. The number of aryl methyl sites for hydroxylation is 1. The van der Waals surface area contributed by atoms with E-state index in [-0.39, 0.29) is 18.4 Å². The molecule has 1 saturated heterocycles. The fourth-order valence-corrected chi connectivity index (χ4v) is 5.41. The van der Waals surface area contributed by atoms with Crippen molar-refractivity contribution in [2.45, 2.75) is 13.3 Å². The molecule has 1 aliphatic rings. The molecular weight excluding hydrogens is 540 g/mol. The Balaban J connectivity index is 1.22. The van der Waals surface area contributed by atoms with Gasteiger partial charge in [0.2, 0.25) is 0 Å². The highest BCUT2D eigenvalue weighted by Crippen LogP contribution is 2.37. The summed E-state index contributed by atoms with van der Waals surface area (Å²) in [5.74, 6) is 1.48. The minimum atomic E-state index is -0.243. The van der Waals surface area contributed by atoms with Crippen molar-refractivity contribution in [3.8, 4) is 17.2 Å². The zero-order valence-corrected chi connectivity index (χ0v) is 23.3. The molecule has 2 amide bonds. The molecule has 1 N–H and O–H groups in total. The van der Waals surface area contributed by atoms with Crippen molar-refractivity contribution in [2.75, 3.05) is 16.8 Å². The van der Waals surface area contributed by atoms with Gasteiger partial charge < -0.3 is 14.8 Å². The molecule has 1 aliphatic heterocycles. The van der Waals surface area contributed by atoms with E-state index in [4.69, 9.17) is 21.7 Å². The average Bonchev–Trinajstić information content (AvgIpc) is 3.25. The number of thiocarbonyl (C=S) groups is 1. The Kier molecular flexibility index (Phi) is 8.59. The van der Waals surface area contributed by atoms with Crippen LogP contribution in [0.15, 0.2) is 108 Å². The van der Waals surface area contributed by atoms with Gasteiger partial charge in [-0.1, -0.05) is 79.4 Å². The molecule has 8 heteroatoms. The molecular formula is C32H26N2O4S2. The molecule has 200 valence electrons. The molecule has 1 fully saturated rings. The lowest BCUT2D eigenvalue weighted by molar-refractivity contribution is -0.118. The monoisotopic (exact) mass is 566 g/mol. The van der Waals surface area contributed by atoms with Gasteiger partial charge in [0.1, 0.15) is 17.2 Å². The lowest BCUT2D eigenvalue weighted by atomic mass is 10.1. The largest absolute Gasteiger partial charge is 0.484 e. The number of nitrogens with zero attached hydrogens (tertiary/aromatic N) is 1. The van der Waals surface area contributed by atoms with E-state index in [2.05, 4.69) is 5.32 Å². The van der Waals surface area contributed by atoms with E-state index in [1.54, 1.807) is 18.2 Å². The topological polar surface area (TPSA) is 67.9 Å². The van der Waals surface area contributed by atoms with Crippen molar-refractivity contribution in [1.29, 1.82) is 0 Å². The number of anilines is 2. The quantitative estimate of drug-likeness (QED) is 0.168. The smallest absolute Gasteiger partial charge is 0.270 e. The lowest BCUT2D eigenvalue weighted by Crippen LogP contribution is -2.27. The predicted octanol–water partition coefficient (Wildman–Crippen LogP) is 7.46. The molecule has 0 radical (unpaired) electrons. The Labute approximate surface area is 242 Å². The van der Waals surface area contributed by atoms with Crippen LogP contribution in [0.5, 0.6) is 17.2 Å². The summed E-state index contributed by atoms with van der Waals surface area (Å²) in [5, 5.41) is 2.90. The molecule has 0 unspecified atom stereocenters. The van der Waals surface area contributed by atoms with E-state index in [9.17, 15) is 9.59 Å². The molecule has 0 atom stereocenters. The second kappa shape index (κ2) is 12.6. The van der Waals surface area contributed by atoms with E-state index < -0.39 is 0 Å². The van der Waals surface area contributed by atoms with Gasteiger partial charge in [-0.2, -0.15) is 0 Å². The number of rotatable bonds is 9. The molecule has 1 heterocycles. The standard InChI is InChI=1S/C32H26N2O4S2/c1-2-23-10-6-7-14-28(23)33-30(35)21-37-27-13-8-9-22(19-27)20-29-31(36)34(32(39)40-29)24-15-17-26(18-16-24)38-25-11-4-3-5-12-25/h3-20H,2,21H2,1H3,(H,33,35)/b29-20-. The number of thioether (sulfide) groups is 1. The Morgan fingerprint density at radius 2 is 1.60 bits per heavy atom. The Morgan fingerprint density at radius 1 is 0.900 bits per heavy atom. The van der Waals surface area contributed by atoms with Crippen LogP contribution in [0.4, 0.5) is 11.4 Å². The van der Waals surface area contributed by atoms with Gasteiger partial charge in [-0.15, -0.1) is 0 Å². The first kappa shape index (κ1) is 27.2. The number of amides is 2. The molecule has 4 aromatic rings. The number of para-hydroxylation sites is 2. The van der Waals surface area contributed by atoms with Crippen LogP contribution in [0.25, 0.3) is 6.08 Å². The van der Waals surface area contributed by atoms with E-state index in [1.807, 2.05) is 97.9 Å². The van der Waals surface area contributed by atoms with Crippen molar-refractivity contribution in [3.63, 3.8) is 0 Å². The van der Waals surface area contributed by atoms with E-state index in [0.717, 1.165) is 29.0 Å². The summed E-state index contributed by atoms with van der Waals surface area (Å²) in [6.45, 7) is 1.91. The third kappa shape index (κ3) is 6.59. The molecule has 5 rings (SSSR count). The Hall–Kier alpha value is -4.40. The number of hydrogen-bond acceptors (Lipinski definition) is 6. The fourth-order valence-electron chi connectivity index (χ4n) is 4.11. The summed E-state index contributed by atoms with van der Waals surface area (Å²) in [7, 11) is 0. The number of hydrogen-bond donors (Lipinski definition) is 1. The normalized spacial score (nSPS) is 13.9. The molecule has 0 spiro atoms. The molecule has 40 heavy (non-hydrogen) atoms. The van der Waals surface area contributed by atoms with Crippen LogP contribution in [0.1, 0.15) is 18.1 Å². The van der Waals surface area contributed by atoms with Gasteiger partial charge in [-0.05, 0) is 78.2 Å². The van der Waals surface area contributed by atoms with Crippen LogP contribution in [-0.4, -0.2) is 22.7 Å². The first-order valence-corrected chi connectivity index (χ1v) is 13.9. The summed E-state index contributed by atoms with van der Waals surface area (Å²) in [6, 6.07) is 31.7. The first-order chi connectivity index (χ1) is 19.5. The van der Waals surface area contributed by atoms with Gasteiger partial charge in [0.15, 0.2) is 10.9 Å². The van der Waals surface area contributed by atoms with Crippen molar-refractivity contribution < 1.29 is 19.1 Å². The van der Waals surface area contributed by atoms with Crippen LogP contribution < -0.4 is 19.7 Å². The predicted molar refractivity (Wildman–Crippen MR) is 165 cm³/mol. The Bertz CT molecular complexity index is 1570. The van der Waals surface area contributed by atoms with Gasteiger partial charge in [0.25, 0.3) is 11.8 Å². The summed E-state index contributed by atoms with van der Waals surface area (Å²) in [6.07, 6.45) is 2.59. The number of nitrogens with one attached hydrogen (secondary N) is 1. The third-order valence-corrected chi connectivity index (χ3v) is 7.37. The molecule has 0 bridgehead atoms. The van der Waals surface area contributed by atoms with Gasteiger partial charge in [-0.3, -0.25) is 14.5 Å². The first-order valence-electron chi connectivity index (χ1n) is 12.7. The van der Waals surface area contributed by atoms with Crippen LogP contribution >= 0.6 is 24.0 Å². The molecule has 0 aliphatic carbocycles. The third-order valence-electron chi connectivity index (χ3n) is 6.07. The van der Waals surface area contributed by atoms with E-state index in [1.165, 1.54) is 16.7 Å². The number of carbonyl (C=O) groups is 2. The zero-order valence-electron chi connectivity index (χ0n) is 21.7. The van der Waals surface area contributed by atoms with Crippen molar-refractivity contribution in [1.82, 2.24) is 0 Å². The van der Waals surface area contributed by atoms with E-state index in [0.29, 0.717) is 26.4 Å². The van der Waals surface area contributed by atoms with Crippen molar-refractivity contribution in [2.24, 2.45) is 0 Å². The van der Waals surface area contributed by atoms with Gasteiger partial charge in [0.05, 0.1) is 10.6 Å². The fraction of sp³-hybridized carbons (Fsp3) is 0.0938. The summed E-state index contributed by atoms with van der Waals surface area (Å²) < 4.78 is 12.0. The highest BCUT2D eigenvalue weighted by atomic mass is 32.2. The van der Waals surface area contributed by atoms with Gasteiger partial charge in [0, 0.05) is 5.69 Å². The van der Waals surface area contributed by atoms with E-state index >= 15 is 0 Å². The minimum absolute atomic E-state index is 0.131. The van der Waals surface area contributed by atoms with Crippen LogP contribution in [0.2, 0.25) is 0 Å². The minimum Gasteiger partial charge on any atom is -0.484 e. The average molecular weight is 567 g/mol. The van der Waals surface area contributed by atoms with Gasteiger partial charge in [-0.25, -0.2) is 0 Å². The number of benzene rings is 4. The van der Waals surface area contributed by atoms with Gasteiger partial charge >= 0.3 is 0 Å².